The Bertz CT molecular complexity index is 277. The highest BCUT2D eigenvalue weighted by atomic mass is 16.1. The Hall–Kier alpha value is -1.57. The van der Waals surface area contributed by atoms with Crippen LogP contribution in [-0.2, 0) is 4.79 Å². The summed E-state index contributed by atoms with van der Waals surface area (Å²) in [5.74, 6) is -0.359. The van der Waals surface area contributed by atoms with Crippen LogP contribution in [0.3, 0.4) is 0 Å². The molecule has 1 aromatic carbocycles. The van der Waals surface area contributed by atoms with Crippen molar-refractivity contribution in [3.05, 3.63) is 42.0 Å². The van der Waals surface area contributed by atoms with Crippen molar-refractivity contribution in [3.63, 3.8) is 0 Å². The molecule has 12 heavy (non-hydrogen) atoms. The van der Waals surface area contributed by atoms with Gasteiger partial charge in [-0.15, -0.1) is 0 Å². The van der Waals surface area contributed by atoms with Crippen molar-refractivity contribution in [2.45, 2.75) is 6.42 Å². The van der Waals surface area contributed by atoms with Crippen LogP contribution in [0.2, 0.25) is 0 Å². The zero-order valence-electron chi connectivity index (χ0n) is 6.66. The fraction of sp³-hybridized carbons (Fsp3) is 0.100. The molecule has 0 spiro atoms. The molecule has 0 bridgehead atoms. The van der Waals surface area contributed by atoms with E-state index in [0.29, 0.717) is 0 Å². The molecule has 0 atom stereocenters. The lowest BCUT2D eigenvalue weighted by Gasteiger charge is -1.89. The maximum atomic E-state index is 10.3. The van der Waals surface area contributed by atoms with Crippen LogP contribution >= 0.6 is 0 Å². The molecule has 0 aliphatic rings. The predicted octanol–water partition coefficient (Wildman–Crippen LogP) is 1.38. The van der Waals surface area contributed by atoms with Gasteiger partial charge in [-0.1, -0.05) is 36.4 Å². The van der Waals surface area contributed by atoms with Crippen LogP contribution < -0.4 is 5.73 Å². The first-order valence-electron chi connectivity index (χ1n) is 3.69. The quantitative estimate of drug-likeness (QED) is 0.713. The summed E-state index contributed by atoms with van der Waals surface area (Å²) in [5, 5.41) is 0. The molecule has 2 nitrogen and oxygen atoms in total. The SMILES string of the molecule is NC(=O)C/[C]=C/c1ccccc1. The van der Waals surface area contributed by atoms with E-state index < -0.39 is 0 Å². The molecule has 1 radical (unpaired) electrons. The van der Waals surface area contributed by atoms with Gasteiger partial charge in [0.2, 0.25) is 5.91 Å². The third-order valence-electron chi connectivity index (χ3n) is 1.34. The highest BCUT2D eigenvalue weighted by Crippen LogP contribution is 2.00. The van der Waals surface area contributed by atoms with Gasteiger partial charge in [0.25, 0.3) is 0 Å². The van der Waals surface area contributed by atoms with E-state index in [9.17, 15) is 4.79 Å². The summed E-state index contributed by atoms with van der Waals surface area (Å²) < 4.78 is 0. The van der Waals surface area contributed by atoms with Crippen molar-refractivity contribution in [2.75, 3.05) is 0 Å². The summed E-state index contributed by atoms with van der Waals surface area (Å²) >= 11 is 0. The number of amides is 1. The smallest absolute Gasteiger partial charge is 0.221 e. The largest absolute Gasteiger partial charge is 0.369 e. The minimum atomic E-state index is -0.359. The fourth-order valence-corrected chi connectivity index (χ4v) is 0.819. The minimum Gasteiger partial charge on any atom is -0.369 e. The van der Waals surface area contributed by atoms with Crippen LogP contribution in [0, 0.1) is 6.08 Å². The summed E-state index contributed by atoms with van der Waals surface area (Å²) in [5.41, 5.74) is 5.96. The number of carbonyl (C=O) groups excluding carboxylic acids is 1. The van der Waals surface area contributed by atoms with Gasteiger partial charge < -0.3 is 5.73 Å². The molecule has 0 fully saturated rings. The van der Waals surface area contributed by atoms with E-state index >= 15 is 0 Å². The van der Waals surface area contributed by atoms with Crippen LogP contribution in [0.25, 0.3) is 6.08 Å². The molecule has 0 saturated heterocycles. The van der Waals surface area contributed by atoms with E-state index in [1.165, 1.54) is 0 Å². The van der Waals surface area contributed by atoms with Gasteiger partial charge in [0.05, 0.1) is 6.42 Å². The molecule has 0 heterocycles. The Balaban J connectivity index is 2.52. The lowest BCUT2D eigenvalue weighted by atomic mass is 10.2. The van der Waals surface area contributed by atoms with Crippen molar-refractivity contribution < 1.29 is 4.79 Å². The maximum Gasteiger partial charge on any atom is 0.221 e. The summed E-state index contributed by atoms with van der Waals surface area (Å²) in [4.78, 5) is 10.3. The second-order valence-corrected chi connectivity index (χ2v) is 2.40. The van der Waals surface area contributed by atoms with Gasteiger partial charge in [-0.2, -0.15) is 0 Å². The van der Waals surface area contributed by atoms with Gasteiger partial charge in [-0.05, 0) is 11.6 Å². The highest BCUT2D eigenvalue weighted by molar-refractivity contribution is 5.75. The molecule has 1 amide bonds. The number of rotatable bonds is 3. The van der Waals surface area contributed by atoms with Crippen LogP contribution in [0.4, 0.5) is 0 Å². The second-order valence-electron chi connectivity index (χ2n) is 2.40. The van der Waals surface area contributed by atoms with Crippen molar-refractivity contribution in [2.24, 2.45) is 5.73 Å². The lowest BCUT2D eigenvalue weighted by Crippen LogP contribution is -2.08. The standard InChI is InChI=1S/C10H10NO/c11-10(12)8-4-7-9-5-2-1-3-6-9/h1-3,5-7H,8H2,(H2,11,12). The van der Waals surface area contributed by atoms with E-state index in [2.05, 4.69) is 6.08 Å². The summed E-state index contributed by atoms with van der Waals surface area (Å²) in [6.45, 7) is 0. The average Bonchev–Trinajstić information content (AvgIpc) is 2.05. The number of hydrogen-bond acceptors (Lipinski definition) is 1. The number of benzene rings is 1. The van der Waals surface area contributed by atoms with Crippen LogP contribution in [0.15, 0.2) is 30.3 Å². The Morgan fingerprint density at radius 1 is 1.42 bits per heavy atom. The van der Waals surface area contributed by atoms with Gasteiger partial charge in [0, 0.05) is 0 Å². The molecule has 0 aliphatic carbocycles. The van der Waals surface area contributed by atoms with E-state index in [0.717, 1.165) is 5.56 Å². The highest BCUT2D eigenvalue weighted by Gasteiger charge is 1.87. The van der Waals surface area contributed by atoms with Crippen LogP contribution in [0.1, 0.15) is 12.0 Å². The van der Waals surface area contributed by atoms with Gasteiger partial charge in [-0.3, -0.25) is 4.79 Å². The van der Waals surface area contributed by atoms with Crippen molar-refractivity contribution in [1.82, 2.24) is 0 Å². The Kier molecular flexibility index (Phi) is 3.08. The molecule has 0 unspecified atom stereocenters. The minimum absolute atomic E-state index is 0.175. The number of hydrogen-bond donors (Lipinski definition) is 1. The summed E-state index contributed by atoms with van der Waals surface area (Å²) in [7, 11) is 0. The van der Waals surface area contributed by atoms with E-state index in [1.807, 2.05) is 30.3 Å². The molecule has 1 rings (SSSR count). The normalized spacial score (nSPS) is 10.3. The molecule has 0 aromatic heterocycles. The van der Waals surface area contributed by atoms with Gasteiger partial charge >= 0.3 is 0 Å². The molecule has 2 heteroatoms. The third kappa shape index (κ3) is 3.01. The van der Waals surface area contributed by atoms with Gasteiger partial charge in [0.15, 0.2) is 0 Å². The molecular formula is C10H10NO. The Labute approximate surface area is 71.7 Å². The van der Waals surface area contributed by atoms with Crippen LogP contribution in [0.5, 0.6) is 0 Å². The fourth-order valence-electron chi connectivity index (χ4n) is 0.819. The average molecular weight is 160 g/mol. The van der Waals surface area contributed by atoms with Gasteiger partial charge in [0.1, 0.15) is 0 Å². The molecule has 0 aliphatic heterocycles. The molecule has 1 aromatic rings. The third-order valence-corrected chi connectivity index (χ3v) is 1.34. The molecule has 0 saturated carbocycles. The Morgan fingerprint density at radius 2 is 2.08 bits per heavy atom. The van der Waals surface area contributed by atoms with Crippen LogP contribution in [-0.4, -0.2) is 5.91 Å². The van der Waals surface area contributed by atoms with Crippen molar-refractivity contribution >= 4 is 12.0 Å². The lowest BCUT2D eigenvalue weighted by molar-refractivity contribution is -0.117. The first kappa shape index (κ1) is 8.53. The van der Waals surface area contributed by atoms with E-state index in [1.54, 1.807) is 6.08 Å². The zero-order chi connectivity index (χ0) is 8.81. The van der Waals surface area contributed by atoms with Gasteiger partial charge in [-0.25, -0.2) is 0 Å². The molecule has 61 valence electrons. The monoisotopic (exact) mass is 160 g/mol. The number of primary amides is 1. The first-order chi connectivity index (χ1) is 5.79. The zero-order valence-corrected chi connectivity index (χ0v) is 6.66. The molecule has 2 N–H and O–H groups in total. The first-order valence-corrected chi connectivity index (χ1v) is 3.69. The van der Waals surface area contributed by atoms with E-state index in [-0.39, 0.29) is 12.3 Å². The van der Waals surface area contributed by atoms with E-state index in [4.69, 9.17) is 5.73 Å². The van der Waals surface area contributed by atoms with Crippen molar-refractivity contribution in [1.29, 1.82) is 0 Å². The second kappa shape index (κ2) is 4.34. The van der Waals surface area contributed by atoms with Crippen molar-refractivity contribution in [3.8, 4) is 0 Å². The maximum absolute atomic E-state index is 10.3. The number of carbonyl (C=O) groups is 1. The number of nitrogens with two attached hydrogens (primary N) is 1. The Morgan fingerprint density at radius 3 is 2.67 bits per heavy atom. The predicted molar refractivity (Wildman–Crippen MR) is 48.0 cm³/mol. The summed E-state index contributed by atoms with van der Waals surface area (Å²) in [6.07, 6.45) is 4.73. The topological polar surface area (TPSA) is 43.1 Å². The summed E-state index contributed by atoms with van der Waals surface area (Å²) in [6, 6.07) is 9.67. The molecular weight excluding hydrogens is 150 g/mol.